The molecule has 3 nitrogen and oxygen atoms in total. The molecule has 1 saturated carbocycles. The molecule has 0 N–H and O–H groups in total. The van der Waals surface area contributed by atoms with E-state index >= 15 is 0 Å². The van der Waals surface area contributed by atoms with Crippen LogP contribution in [0, 0.1) is 5.92 Å². The molecule has 3 heteroatoms. The lowest BCUT2D eigenvalue weighted by molar-refractivity contribution is -0.132. The Morgan fingerprint density at radius 2 is 1.86 bits per heavy atom. The molecule has 0 spiro atoms. The summed E-state index contributed by atoms with van der Waals surface area (Å²) in [5.74, 6) is 0.690. The van der Waals surface area contributed by atoms with Crippen LogP contribution in [0.5, 0.6) is 0 Å². The number of carbonyl (C=O) groups is 1. The summed E-state index contributed by atoms with van der Waals surface area (Å²) in [6, 6.07) is 19.2. The van der Waals surface area contributed by atoms with Gasteiger partial charge >= 0.3 is 0 Å². The number of carbonyl (C=O) groups excluding carboxylic acids is 1. The summed E-state index contributed by atoms with van der Waals surface area (Å²) in [6.07, 6.45) is 8.35. The normalized spacial score (nSPS) is 16.9. The Bertz CT molecular complexity index is 1050. The Labute approximate surface area is 165 Å². The van der Waals surface area contributed by atoms with Crippen LogP contribution in [0.25, 0.3) is 22.0 Å². The predicted molar refractivity (Wildman–Crippen MR) is 113 cm³/mol. The van der Waals surface area contributed by atoms with Gasteiger partial charge in [0.1, 0.15) is 0 Å². The molecule has 0 atom stereocenters. The summed E-state index contributed by atoms with van der Waals surface area (Å²) in [4.78, 5) is 18.8. The molecular formula is C25H24N2O. The topological polar surface area (TPSA) is 33.2 Å². The number of aromatic nitrogens is 1. The first kappa shape index (κ1) is 17.2. The van der Waals surface area contributed by atoms with Gasteiger partial charge in [0.05, 0.1) is 5.52 Å². The van der Waals surface area contributed by atoms with Crippen LogP contribution in [0.4, 0.5) is 0 Å². The fourth-order valence-corrected chi connectivity index (χ4v) is 3.97. The van der Waals surface area contributed by atoms with Crippen molar-refractivity contribution in [1.82, 2.24) is 9.88 Å². The average Bonchev–Trinajstić information content (AvgIpc) is 3.59. The van der Waals surface area contributed by atoms with Crippen molar-refractivity contribution in [2.24, 2.45) is 5.92 Å². The minimum atomic E-state index is 0.326. The van der Waals surface area contributed by atoms with Crippen LogP contribution >= 0.6 is 0 Å². The van der Waals surface area contributed by atoms with Crippen molar-refractivity contribution in [3.63, 3.8) is 0 Å². The molecule has 1 amide bonds. The summed E-state index contributed by atoms with van der Waals surface area (Å²) in [7, 11) is 0. The summed E-state index contributed by atoms with van der Waals surface area (Å²) < 4.78 is 0. The fourth-order valence-electron chi connectivity index (χ4n) is 3.97. The number of benzene rings is 2. The molecular weight excluding hydrogens is 344 g/mol. The number of para-hydroxylation sites is 1. The van der Waals surface area contributed by atoms with Gasteiger partial charge in [0.2, 0.25) is 5.91 Å². The van der Waals surface area contributed by atoms with Crippen molar-refractivity contribution >= 4 is 16.8 Å². The number of hydrogen-bond donors (Lipinski definition) is 0. The molecule has 28 heavy (non-hydrogen) atoms. The Balaban J connectivity index is 1.26. The summed E-state index contributed by atoms with van der Waals surface area (Å²) >= 11 is 0. The lowest BCUT2D eigenvalue weighted by Gasteiger charge is -2.26. The summed E-state index contributed by atoms with van der Waals surface area (Å²) in [5.41, 5.74) is 6.14. The second-order valence-electron chi connectivity index (χ2n) is 7.96. The van der Waals surface area contributed by atoms with Crippen LogP contribution in [-0.2, 0) is 11.2 Å². The largest absolute Gasteiger partial charge is 0.338 e. The molecule has 0 unspecified atom stereocenters. The number of pyridine rings is 1. The maximum atomic E-state index is 12.2. The zero-order valence-corrected chi connectivity index (χ0v) is 16.0. The van der Waals surface area contributed by atoms with Crippen LogP contribution in [0.1, 0.15) is 24.8 Å². The molecule has 0 saturated heterocycles. The smallest absolute Gasteiger partial charge is 0.225 e. The van der Waals surface area contributed by atoms with E-state index in [0.29, 0.717) is 11.8 Å². The van der Waals surface area contributed by atoms with E-state index < -0.39 is 0 Å². The number of amides is 1. The van der Waals surface area contributed by atoms with Crippen molar-refractivity contribution in [2.45, 2.75) is 25.7 Å². The maximum Gasteiger partial charge on any atom is 0.225 e. The fraction of sp³-hybridized carbons (Fsp3) is 0.280. The van der Waals surface area contributed by atoms with E-state index in [0.717, 1.165) is 49.9 Å². The third-order valence-electron chi connectivity index (χ3n) is 5.85. The van der Waals surface area contributed by atoms with Gasteiger partial charge in [-0.15, -0.1) is 0 Å². The van der Waals surface area contributed by atoms with Crippen LogP contribution in [0.15, 0.2) is 72.4 Å². The number of nitrogens with zero attached hydrogens (tertiary/aromatic N) is 2. The number of rotatable bonds is 4. The second-order valence-corrected chi connectivity index (χ2v) is 7.96. The van der Waals surface area contributed by atoms with E-state index in [9.17, 15) is 4.79 Å². The first-order valence-corrected chi connectivity index (χ1v) is 10.2. The van der Waals surface area contributed by atoms with Crippen LogP contribution in [-0.4, -0.2) is 28.9 Å². The van der Waals surface area contributed by atoms with E-state index in [2.05, 4.69) is 47.5 Å². The quantitative estimate of drug-likeness (QED) is 0.606. The second kappa shape index (κ2) is 7.23. The Hall–Kier alpha value is -2.94. The van der Waals surface area contributed by atoms with Crippen LogP contribution < -0.4 is 0 Å². The molecule has 2 aromatic carbocycles. The third kappa shape index (κ3) is 3.57. The SMILES string of the molecule is O=C(C1CC1)N1CC=C(Cc2ccc(-c3cnc4ccccc4c3)cc2)CC1. The van der Waals surface area contributed by atoms with Gasteiger partial charge in [-0.05, 0) is 48.9 Å². The van der Waals surface area contributed by atoms with E-state index in [-0.39, 0.29) is 0 Å². The van der Waals surface area contributed by atoms with Gasteiger partial charge in [0, 0.05) is 36.2 Å². The first-order chi connectivity index (χ1) is 13.8. The van der Waals surface area contributed by atoms with Gasteiger partial charge in [0.15, 0.2) is 0 Å². The van der Waals surface area contributed by atoms with E-state index in [4.69, 9.17) is 0 Å². The molecule has 0 radical (unpaired) electrons. The third-order valence-corrected chi connectivity index (χ3v) is 5.85. The van der Waals surface area contributed by atoms with Gasteiger partial charge in [0.25, 0.3) is 0 Å². The molecule has 1 fully saturated rings. The van der Waals surface area contributed by atoms with Crippen molar-refractivity contribution in [2.75, 3.05) is 13.1 Å². The van der Waals surface area contributed by atoms with E-state index in [1.54, 1.807) is 0 Å². The standard InChI is InChI=1S/C25H24N2O/c28-25(21-9-10-21)27-13-11-19(12-14-27)15-18-5-7-20(8-6-18)23-16-22-3-1-2-4-24(22)26-17-23/h1-8,11,16-17,21H,9-10,12-15H2. The van der Waals surface area contributed by atoms with Crippen molar-refractivity contribution in [1.29, 1.82) is 0 Å². The monoisotopic (exact) mass is 368 g/mol. The summed E-state index contributed by atoms with van der Waals surface area (Å²) in [6.45, 7) is 1.66. The zero-order chi connectivity index (χ0) is 18.9. The Kier molecular flexibility index (Phi) is 4.44. The minimum absolute atomic E-state index is 0.326. The molecule has 3 aromatic rings. The molecule has 2 heterocycles. The predicted octanol–water partition coefficient (Wildman–Crippen LogP) is 5.01. The van der Waals surface area contributed by atoms with Gasteiger partial charge in [-0.25, -0.2) is 0 Å². The zero-order valence-electron chi connectivity index (χ0n) is 16.0. The highest BCUT2D eigenvalue weighted by molar-refractivity contribution is 5.83. The minimum Gasteiger partial charge on any atom is -0.338 e. The molecule has 1 aliphatic heterocycles. The Morgan fingerprint density at radius 3 is 2.61 bits per heavy atom. The molecule has 0 bridgehead atoms. The van der Waals surface area contributed by atoms with Gasteiger partial charge < -0.3 is 4.90 Å². The van der Waals surface area contributed by atoms with Crippen molar-refractivity contribution in [3.05, 3.63) is 78.0 Å². The van der Waals surface area contributed by atoms with Crippen molar-refractivity contribution in [3.8, 4) is 11.1 Å². The first-order valence-electron chi connectivity index (χ1n) is 10.2. The van der Waals surface area contributed by atoms with E-state index in [1.807, 2.05) is 29.3 Å². The van der Waals surface area contributed by atoms with Gasteiger partial charge in [-0.3, -0.25) is 9.78 Å². The highest BCUT2D eigenvalue weighted by Gasteiger charge is 2.33. The van der Waals surface area contributed by atoms with Gasteiger partial charge in [-0.2, -0.15) is 0 Å². The highest BCUT2D eigenvalue weighted by Crippen LogP contribution is 2.32. The van der Waals surface area contributed by atoms with Gasteiger partial charge in [-0.1, -0.05) is 54.1 Å². The number of fused-ring (bicyclic) bond motifs is 1. The summed E-state index contributed by atoms with van der Waals surface area (Å²) in [5, 5.41) is 1.17. The maximum absolute atomic E-state index is 12.2. The van der Waals surface area contributed by atoms with Crippen LogP contribution in [0.3, 0.4) is 0 Å². The molecule has 1 aromatic heterocycles. The number of hydrogen-bond acceptors (Lipinski definition) is 2. The lowest BCUT2D eigenvalue weighted by atomic mass is 9.97. The lowest BCUT2D eigenvalue weighted by Crippen LogP contribution is -2.36. The molecule has 5 rings (SSSR count). The van der Waals surface area contributed by atoms with Crippen LogP contribution in [0.2, 0.25) is 0 Å². The average molecular weight is 368 g/mol. The Morgan fingerprint density at radius 1 is 1.04 bits per heavy atom. The molecule has 2 aliphatic rings. The van der Waals surface area contributed by atoms with Crippen molar-refractivity contribution < 1.29 is 4.79 Å². The van der Waals surface area contributed by atoms with E-state index in [1.165, 1.54) is 22.1 Å². The molecule has 140 valence electrons. The molecule has 1 aliphatic carbocycles. The highest BCUT2D eigenvalue weighted by atomic mass is 16.2.